The third-order valence-electron chi connectivity index (χ3n) is 2.80. The first-order chi connectivity index (χ1) is 8.59. The third kappa shape index (κ3) is 3.77. The zero-order valence-corrected chi connectivity index (χ0v) is 12.9. The molecule has 0 aromatic heterocycles. The molecule has 1 amide bonds. The minimum absolute atomic E-state index is 0. The Kier molecular flexibility index (Phi) is 5.95. The first kappa shape index (κ1) is 16.1. The lowest BCUT2D eigenvalue weighted by Crippen LogP contribution is -2.46. The predicted octanol–water partition coefficient (Wildman–Crippen LogP) is 1.67. The molecule has 8 heteroatoms. The second kappa shape index (κ2) is 7.01. The number of nitrogens with one attached hydrogen (secondary N) is 1. The molecule has 0 unspecified atom stereocenters. The molecule has 1 N–H and O–H groups in total. The summed E-state index contributed by atoms with van der Waals surface area (Å²) < 4.78 is 0.616. The Morgan fingerprint density at radius 3 is 2.53 bits per heavy atom. The van der Waals surface area contributed by atoms with Crippen molar-refractivity contribution in [1.29, 1.82) is 0 Å². The molecule has 0 radical (unpaired) electrons. The zero-order chi connectivity index (χ0) is 13.1. The van der Waals surface area contributed by atoms with Gasteiger partial charge in [0.05, 0.1) is 10.5 Å². The highest BCUT2D eigenvalue weighted by atomic mass is 127. The molecule has 1 heterocycles. The normalized spacial score (nSPS) is 14.7. The van der Waals surface area contributed by atoms with Crippen LogP contribution < -0.4 is 5.32 Å². The summed E-state index contributed by atoms with van der Waals surface area (Å²) in [5.74, 6) is -0.0594. The van der Waals surface area contributed by atoms with Crippen molar-refractivity contribution in [1.82, 2.24) is 10.2 Å². The van der Waals surface area contributed by atoms with Crippen LogP contribution in [-0.2, 0) is 0 Å². The Morgan fingerprint density at radius 1 is 1.37 bits per heavy atom. The van der Waals surface area contributed by atoms with Crippen molar-refractivity contribution in [3.05, 3.63) is 37.4 Å². The van der Waals surface area contributed by atoms with Crippen molar-refractivity contribution >= 4 is 46.6 Å². The number of carbonyl (C=O) groups excluding carboxylic acids is 1. The summed E-state index contributed by atoms with van der Waals surface area (Å²) in [6, 6.07) is 4.33. The molecular formula is C11H13ClIN3O3. The maximum Gasteiger partial charge on any atom is 0.270 e. The van der Waals surface area contributed by atoms with Crippen LogP contribution in [0.15, 0.2) is 18.2 Å². The van der Waals surface area contributed by atoms with Gasteiger partial charge in [0.1, 0.15) is 0 Å². The van der Waals surface area contributed by atoms with Gasteiger partial charge in [-0.15, -0.1) is 12.4 Å². The molecule has 0 bridgehead atoms. The van der Waals surface area contributed by atoms with E-state index in [1.54, 1.807) is 4.90 Å². The number of benzene rings is 1. The van der Waals surface area contributed by atoms with Crippen LogP contribution in [0, 0.1) is 13.7 Å². The van der Waals surface area contributed by atoms with Gasteiger partial charge in [-0.05, 0) is 28.7 Å². The molecule has 0 saturated carbocycles. The van der Waals surface area contributed by atoms with Crippen molar-refractivity contribution in [3.63, 3.8) is 0 Å². The van der Waals surface area contributed by atoms with Gasteiger partial charge in [-0.1, -0.05) is 0 Å². The molecule has 6 nitrogen and oxygen atoms in total. The van der Waals surface area contributed by atoms with Gasteiger partial charge in [0.2, 0.25) is 0 Å². The van der Waals surface area contributed by atoms with E-state index >= 15 is 0 Å². The van der Waals surface area contributed by atoms with E-state index in [9.17, 15) is 14.9 Å². The fraction of sp³-hybridized carbons (Fsp3) is 0.364. The van der Waals surface area contributed by atoms with Gasteiger partial charge in [-0.25, -0.2) is 0 Å². The average Bonchev–Trinajstić information content (AvgIpc) is 2.38. The molecule has 104 valence electrons. The maximum atomic E-state index is 12.2. The number of hydrogen-bond donors (Lipinski definition) is 1. The number of nitrogens with zero attached hydrogens (tertiary/aromatic N) is 2. The van der Waals surface area contributed by atoms with Crippen molar-refractivity contribution in [2.24, 2.45) is 0 Å². The molecule has 1 aromatic carbocycles. The van der Waals surface area contributed by atoms with Gasteiger partial charge < -0.3 is 10.2 Å². The monoisotopic (exact) mass is 397 g/mol. The molecule has 0 spiro atoms. The smallest absolute Gasteiger partial charge is 0.270 e. The number of rotatable bonds is 2. The van der Waals surface area contributed by atoms with Crippen LogP contribution in [0.3, 0.4) is 0 Å². The Morgan fingerprint density at radius 2 is 2.00 bits per heavy atom. The number of amides is 1. The maximum absolute atomic E-state index is 12.2. The molecule has 1 aliphatic rings. The summed E-state index contributed by atoms with van der Waals surface area (Å²) in [6.45, 7) is 2.92. The summed E-state index contributed by atoms with van der Waals surface area (Å²) in [5, 5.41) is 13.8. The van der Waals surface area contributed by atoms with Gasteiger partial charge in [0.15, 0.2) is 0 Å². The standard InChI is InChI=1S/C11H12IN3O3.ClH/c12-10-7-8(15(17)18)1-2-9(10)11(16)14-5-3-13-4-6-14;/h1-2,7,13H,3-6H2;1H. The Labute approximate surface area is 130 Å². The Bertz CT molecular complexity index is 492. The number of carbonyl (C=O) groups is 1. The summed E-state index contributed by atoms with van der Waals surface area (Å²) in [5.41, 5.74) is 0.541. The van der Waals surface area contributed by atoms with E-state index in [4.69, 9.17) is 0 Å². The quantitative estimate of drug-likeness (QED) is 0.468. The number of non-ortho nitro benzene ring substituents is 1. The predicted molar refractivity (Wildman–Crippen MR) is 81.8 cm³/mol. The van der Waals surface area contributed by atoms with Crippen molar-refractivity contribution in [3.8, 4) is 0 Å². The number of hydrogen-bond acceptors (Lipinski definition) is 4. The summed E-state index contributed by atoms with van der Waals surface area (Å²) in [4.78, 5) is 24.2. The number of nitro benzene ring substituents is 1. The van der Waals surface area contributed by atoms with Gasteiger partial charge in [-0.3, -0.25) is 14.9 Å². The van der Waals surface area contributed by atoms with E-state index in [1.165, 1.54) is 18.2 Å². The average molecular weight is 398 g/mol. The number of piperazine rings is 1. The van der Waals surface area contributed by atoms with E-state index in [2.05, 4.69) is 5.32 Å². The van der Waals surface area contributed by atoms with Gasteiger partial charge >= 0.3 is 0 Å². The van der Waals surface area contributed by atoms with E-state index in [-0.39, 0.29) is 24.0 Å². The molecule has 19 heavy (non-hydrogen) atoms. The van der Waals surface area contributed by atoms with Crippen LogP contribution in [0.1, 0.15) is 10.4 Å². The second-order valence-corrected chi connectivity index (χ2v) is 5.13. The topological polar surface area (TPSA) is 75.5 Å². The second-order valence-electron chi connectivity index (χ2n) is 3.96. The van der Waals surface area contributed by atoms with E-state index in [1.807, 2.05) is 22.6 Å². The Balaban J connectivity index is 0.00000180. The lowest BCUT2D eigenvalue weighted by atomic mass is 10.1. The van der Waals surface area contributed by atoms with Gasteiger partial charge in [-0.2, -0.15) is 0 Å². The highest BCUT2D eigenvalue weighted by Crippen LogP contribution is 2.21. The molecule has 1 fully saturated rings. The minimum Gasteiger partial charge on any atom is -0.336 e. The number of nitro groups is 1. The van der Waals surface area contributed by atoms with Crippen LogP contribution in [-0.4, -0.2) is 41.9 Å². The first-order valence-electron chi connectivity index (χ1n) is 5.53. The SMILES string of the molecule is Cl.O=C(c1ccc([N+](=O)[O-])cc1I)N1CCNCC1. The summed E-state index contributed by atoms with van der Waals surface area (Å²) >= 11 is 1.96. The fourth-order valence-electron chi connectivity index (χ4n) is 1.83. The molecule has 0 aliphatic carbocycles. The number of halogens is 2. The minimum atomic E-state index is -0.457. The molecule has 1 aromatic rings. The first-order valence-corrected chi connectivity index (χ1v) is 6.61. The van der Waals surface area contributed by atoms with Crippen LogP contribution >= 0.6 is 35.0 Å². The van der Waals surface area contributed by atoms with Crippen LogP contribution in [0.2, 0.25) is 0 Å². The highest BCUT2D eigenvalue weighted by Gasteiger charge is 2.21. The lowest BCUT2D eigenvalue weighted by Gasteiger charge is -2.27. The van der Waals surface area contributed by atoms with Crippen molar-refractivity contribution < 1.29 is 9.72 Å². The van der Waals surface area contributed by atoms with E-state index in [0.29, 0.717) is 22.2 Å². The summed E-state index contributed by atoms with van der Waals surface area (Å²) in [7, 11) is 0. The van der Waals surface area contributed by atoms with Crippen LogP contribution in [0.25, 0.3) is 0 Å². The van der Waals surface area contributed by atoms with Crippen LogP contribution in [0.5, 0.6) is 0 Å². The zero-order valence-electron chi connectivity index (χ0n) is 9.97. The van der Waals surface area contributed by atoms with E-state index < -0.39 is 4.92 Å². The largest absolute Gasteiger partial charge is 0.336 e. The van der Waals surface area contributed by atoms with Crippen molar-refractivity contribution in [2.75, 3.05) is 26.2 Å². The Hall–Kier alpha value is -0.930. The van der Waals surface area contributed by atoms with Crippen molar-refractivity contribution in [2.45, 2.75) is 0 Å². The highest BCUT2D eigenvalue weighted by molar-refractivity contribution is 14.1. The third-order valence-corrected chi connectivity index (χ3v) is 3.69. The van der Waals surface area contributed by atoms with E-state index in [0.717, 1.165) is 13.1 Å². The molecule has 1 aliphatic heterocycles. The summed E-state index contributed by atoms with van der Waals surface area (Å²) in [6.07, 6.45) is 0. The fourth-order valence-corrected chi connectivity index (χ4v) is 2.56. The van der Waals surface area contributed by atoms with Gasteiger partial charge in [0, 0.05) is 41.9 Å². The molecule has 1 saturated heterocycles. The molecule has 0 atom stereocenters. The molecular weight excluding hydrogens is 384 g/mol. The van der Waals surface area contributed by atoms with Crippen LogP contribution in [0.4, 0.5) is 5.69 Å². The van der Waals surface area contributed by atoms with Gasteiger partial charge in [0.25, 0.3) is 11.6 Å². The lowest BCUT2D eigenvalue weighted by molar-refractivity contribution is -0.384. The molecule has 2 rings (SSSR count).